The van der Waals surface area contributed by atoms with Crippen LogP contribution in [0.5, 0.6) is 0 Å². The van der Waals surface area contributed by atoms with Crippen molar-refractivity contribution in [1.29, 1.82) is 0 Å². The smallest absolute Gasteiger partial charge is 0.160 e. The number of aromatic nitrogens is 2. The van der Waals surface area contributed by atoms with E-state index in [1.165, 1.54) is 17.7 Å². The van der Waals surface area contributed by atoms with Gasteiger partial charge in [-0.05, 0) is 24.6 Å². The third-order valence-corrected chi connectivity index (χ3v) is 4.37. The zero-order valence-electron chi connectivity index (χ0n) is 11.9. The fraction of sp³-hybridized carbons (Fsp3) is 0.375. The number of nitrogens with zero attached hydrogens (tertiary/aromatic N) is 2. The summed E-state index contributed by atoms with van der Waals surface area (Å²) in [6.07, 6.45) is 2.86. The Morgan fingerprint density at radius 1 is 1.33 bits per heavy atom. The van der Waals surface area contributed by atoms with Gasteiger partial charge in [0.2, 0.25) is 0 Å². The quantitative estimate of drug-likeness (QED) is 0.918. The second-order valence-corrected chi connectivity index (χ2v) is 6.07. The molecule has 21 heavy (non-hydrogen) atoms. The van der Waals surface area contributed by atoms with E-state index in [4.69, 9.17) is 4.98 Å². The third-order valence-electron chi connectivity index (χ3n) is 3.67. The standard InChI is InChI=1S/C16H17BrFN3/c1-2-3-14-12-9-19-7-6-15(12)21-16(20-14)11-8-10(18)4-5-13(11)17/h4-5,8,19H,2-3,6-7,9H2,1H3. The number of aryl methyl sites for hydroxylation is 1. The average molecular weight is 350 g/mol. The molecule has 110 valence electrons. The lowest BCUT2D eigenvalue weighted by molar-refractivity contribution is 0.614. The van der Waals surface area contributed by atoms with Gasteiger partial charge in [-0.1, -0.05) is 29.3 Å². The summed E-state index contributed by atoms with van der Waals surface area (Å²) in [4.78, 5) is 9.38. The van der Waals surface area contributed by atoms with E-state index in [-0.39, 0.29) is 5.82 Å². The first-order valence-corrected chi connectivity index (χ1v) is 8.03. The van der Waals surface area contributed by atoms with Crippen molar-refractivity contribution in [2.75, 3.05) is 6.54 Å². The van der Waals surface area contributed by atoms with E-state index in [1.807, 2.05) is 0 Å². The molecule has 0 fully saturated rings. The average Bonchev–Trinajstić information content (AvgIpc) is 2.50. The maximum absolute atomic E-state index is 13.5. The second kappa shape index (κ2) is 6.20. The van der Waals surface area contributed by atoms with E-state index >= 15 is 0 Å². The highest BCUT2D eigenvalue weighted by atomic mass is 79.9. The molecule has 0 aliphatic carbocycles. The maximum Gasteiger partial charge on any atom is 0.160 e. The van der Waals surface area contributed by atoms with Crippen molar-refractivity contribution >= 4 is 15.9 Å². The molecule has 2 aromatic rings. The molecule has 1 N–H and O–H groups in total. The highest BCUT2D eigenvalue weighted by Crippen LogP contribution is 2.29. The van der Waals surface area contributed by atoms with E-state index in [0.29, 0.717) is 11.4 Å². The van der Waals surface area contributed by atoms with Gasteiger partial charge < -0.3 is 5.32 Å². The van der Waals surface area contributed by atoms with Crippen molar-refractivity contribution < 1.29 is 4.39 Å². The predicted molar refractivity (Wildman–Crippen MR) is 84.5 cm³/mol. The SMILES string of the molecule is CCCc1nc(-c2cc(F)ccc2Br)nc2c1CNCC2. The van der Waals surface area contributed by atoms with Crippen LogP contribution >= 0.6 is 15.9 Å². The molecule has 0 spiro atoms. The number of benzene rings is 1. The van der Waals surface area contributed by atoms with Gasteiger partial charge in [0.1, 0.15) is 5.82 Å². The summed E-state index contributed by atoms with van der Waals surface area (Å²) in [6.45, 7) is 3.90. The van der Waals surface area contributed by atoms with E-state index in [1.54, 1.807) is 6.07 Å². The molecule has 2 heterocycles. The lowest BCUT2D eigenvalue weighted by Crippen LogP contribution is -2.26. The first-order chi connectivity index (χ1) is 10.2. The molecule has 1 aliphatic rings. The Kier molecular flexibility index (Phi) is 4.31. The molecular formula is C16H17BrFN3. The summed E-state index contributed by atoms with van der Waals surface area (Å²) in [5.74, 6) is 0.346. The zero-order chi connectivity index (χ0) is 14.8. The van der Waals surface area contributed by atoms with Crippen molar-refractivity contribution in [3.05, 3.63) is 45.4 Å². The molecule has 3 rings (SSSR count). The van der Waals surface area contributed by atoms with Crippen molar-refractivity contribution in [2.24, 2.45) is 0 Å². The van der Waals surface area contributed by atoms with Crippen LogP contribution in [0, 0.1) is 5.82 Å². The Morgan fingerprint density at radius 2 is 2.19 bits per heavy atom. The van der Waals surface area contributed by atoms with Crippen LogP contribution in [0.15, 0.2) is 22.7 Å². The molecule has 1 aliphatic heterocycles. The van der Waals surface area contributed by atoms with Crippen LogP contribution in [0.4, 0.5) is 4.39 Å². The third kappa shape index (κ3) is 2.99. The fourth-order valence-corrected chi connectivity index (χ4v) is 3.07. The topological polar surface area (TPSA) is 37.8 Å². The van der Waals surface area contributed by atoms with Crippen molar-refractivity contribution in [3.63, 3.8) is 0 Å². The number of hydrogen-bond acceptors (Lipinski definition) is 3. The summed E-state index contributed by atoms with van der Waals surface area (Å²) in [6, 6.07) is 4.63. The van der Waals surface area contributed by atoms with Gasteiger partial charge in [-0.2, -0.15) is 0 Å². The summed E-state index contributed by atoms with van der Waals surface area (Å²) in [5, 5.41) is 3.37. The second-order valence-electron chi connectivity index (χ2n) is 5.22. The molecule has 3 nitrogen and oxygen atoms in total. The molecule has 5 heteroatoms. The molecule has 0 atom stereocenters. The van der Waals surface area contributed by atoms with Gasteiger partial charge in [0.05, 0.1) is 5.69 Å². The van der Waals surface area contributed by atoms with Gasteiger partial charge in [0.15, 0.2) is 5.82 Å². The molecule has 0 saturated carbocycles. The van der Waals surface area contributed by atoms with Crippen LogP contribution in [0.3, 0.4) is 0 Å². The fourth-order valence-electron chi connectivity index (χ4n) is 2.65. The monoisotopic (exact) mass is 349 g/mol. The van der Waals surface area contributed by atoms with E-state index in [0.717, 1.165) is 48.2 Å². The summed E-state index contributed by atoms with van der Waals surface area (Å²) in [5.41, 5.74) is 4.12. The Bertz CT molecular complexity index is 673. The number of halogens is 2. The highest BCUT2D eigenvalue weighted by molar-refractivity contribution is 9.10. The van der Waals surface area contributed by atoms with E-state index < -0.39 is 0 Å². The van der Waals surface area contributed by atoms with Gasteiger partial charge in [-0.15, -0.1) is 0 Å². The van der Waals surface area contributed by atoms with Gasteiger partial charge >= 0.3 is 0 Å². The largest absolute Gasteiger partial charge is 0.312 e. The van der Waals surface area contributed by atoms with Gasteiger partial charge in [0, 0.05) is 40.8 Å². The summed E-state index contributed by atoms with van der Waals surface area (Å²) >= 11 is 3.47. The normalized spacial score (nSPS) is 14.0. The first kappa shape index (κ1) is 14.6. The Labute approximate surface area is 132 Å². The predicted octanol–water partition coefficient (Wildman–Crippen LogP) is 3.64. The Morgan fingerprint density at radius 3 is 3.00 bits per heavy atom. The lowest BCUT2D eigenvalue weighted by atomic mass is 10.0. The number of fused-ring (bicyclic) bond motifs is 1. The molecule has 0 unspecified atom stereocenters. The molecule has 0 amide bonds. The molecular weight excluding hydrogens is 333 g/mol. The number of hydrogen-bond donors (Lipinski definition) is 1. The Balaban J connectivity index is 2.14. The lowest BCUT2D eigenvalue weighted by Gasteiger charge is -2.20. The maximum atomic E-state index is 13.5. The van der Waals surface area contributed by atoms with Crippen molar-refractivity contribution in [1.82, 2.24) is 15.3 Å². The first-order valence-electron chi connectivity index (χ1n) is 7.24. The van der Waals surface area contributed by atoms with Crippen molar-refractivity contribution in [3.8, 4) is 11.4 Å². The highest BCUT2D eigenvalue weighted by Gasteiger charge is 2.18. The number of nitrogens with one attached hydrogen (secondary N) is 1. The van der Waals surface area contributed by atoms with Crippen LogP contribution in [0.1, 0.15) is 30.3 Å². The van der Waals surface area contributed by atoms with E-state index in [2.05, 4.69) is 33.2 Å². The summed E-state index contributed by atoms with van der Waals surface area (Å²) < 4.78 is 14.4. The molecule has 1 aromatic carbocycles. The molecule has 1 aromatic heterocycles. The molecule has 0 bridgehead atoms. The van der Waals surface area contributed by atoms with Gasteiger partial charge in [-0.25, -0.2) is 14.4 Å². The molecule has 0 radical (unpaired) electrons. The van der Waals surface area contributed by atoms with Gasteiger partial charge in [0.25, 0.3) is 0 Å². The van der Waals surface area contributed by atoms with E-state index in [9.17, 15) is 4.39 Å². The minimum Gasteiger partial charge on any atom is -0.312 e. The minimum atomic E-state index is -0.270. The van der Waals surface area contributed by atoms with Crippen LogP contribution in [0.2, 0.25) is 0 Å². The molecule has 0 saturated heterocycles. The zero-order valence-corrected chi connectivity index (χ0v) is 13.5. The van der Waals surface area contributed by atoms with Crippen molar-refractivity contribution in [2.45, 2.75) is 32.7 Å². The van der Waals surface area contributed by atoms with Crippen LogP contribution in [0.25, 0.3) is 11.4 Å². The van der Waals surface area contributed by atoms with Crippen LogP contribution in [-0.4, -0.2) is 16.5 Å². The van der Waals surface area contributed by atoms with Gasteiger partial charge in [-0.3, -0.25) is 0 Å². The number of rotatable bonds is 3. The summed E-state index contributed by atoms with van der Waals surface area (Å²) in [7, 11) is 0. The minimum absolute atomic E-state index is 0.270. The Hall–Kier alpha value is -1.33. The van der Waals surface area contributed by atoms with Crippen LogP contribution < -0.4 is 5.32 Å². The van der Waals surface area contributed by atoms with Crippen LogP contribution in [-0.2, 0) is 19.4 Å².